The maximum Gasteiger partial charge on any atom is 0.219 e. The average Bonchev–Trinajstić information content (AvgIpc) is 2.63. The van der Waals surface area contributed by atoms with Gasteiger partial charge in [-0.2, -0.15) is 0 Å². The van der Waals surface area contributed by atoms with Crippen molar-refractivity contribution >= 4 is 27.6 Å². The van der Waals surface area contributed by atoms with Crippen LogP contribution in [0.4, 0.5) is 0 Å². The second-order valence-corrected chi connectivity index (χ2v) is 6.49. The molecule has 100 valence electrons. The number of benzene rings is 1. The zero-order chi connectivity index (χ0) is 13.6. The van der Waals surface area contributed by atoms with E-state index < -0.39 is 0 Å². The van der Waals surface area contributed by atoms with Crippen LogP contribution >= 0.6 is 15.9 Å². The van der Waals surface area contributed by atoms with Gasteiger partial charge in [0.25, 0.3) is 0 Å². The van der Waals surface area contributed by atoms with Gasteiger partial charge in [-0.3, -0.25) is 9.59 Å². The minimum atomic E-state index is -0.0287. The highest BCUT2D eigenvalue weighted by Crippen LogP contribution is 2.46. The van der Waals surface area contributed by atoms with Crippen molar-refractivity contribution < 1.29 is 9.59 Å². The number of hydrogen-bond acceptors (Lipinski definition) is 2. The lowest BCUT2D eigenvalue weighted by molar-refractivity contribution is -0.130. The molecule has 1 saturated heterocycles. The molecule has 0 radical (unpaired) electrons. The minimum absolute atomic E-state index is 0.0287. The normalized spacial score (nSPS) is 20.7. The maximum atomic E-state index is 12.2. The second-order valence-electron chi connectivity index (χ2n) is 5.58. The Labute approximate surface area is 121 Å². The van der Waals surface area contributed by atoms with Crippen molar-refractivity contribution in [2.45, 2.75) is 31.6 Å². The number of carbonyl (C=O) groups is 2. The summed E-state index contributed by atoms with van der Waals surface area (Å²) >= 11 is 3.43. The summed E-state index contributed by atoms with van der Waals surface area (Å²) < 4.78 is 0.956. The van der Waals surface area contributed by atoms with E-state index in [0.717, 1.165) is 36.0 Å². The van der Waals surface area contributed by atoms with Gasteiger partial charge in [-0.1, -0.05) is 22.0 Å². The predicted octanol–water partition coefficient (Wildman–Crippen LogP) is 2.92. The summed E-state index contributed by atoms with van der Waals surface area (Å²) in [6.07, 6.45) is 2.39. The van der Waals surface area contributed by atoms with E-state index >= 15 is 0 Å². The van der Waals surface area contributed by atoms with Crippen molar-refractivity contribution in [1.82, 2.24) is 4.90 Å². The fourth-order valence-electron chi connectivity index (χ4n) is 3.40. The minimum Gasteiger partial charge on any atom is -0.343 e. The summed E-state index contributed by atoms with van der Waals surface area (Å²) in [6, 6.07) is 6.02. The van der Waals surface area contributed by atoms with Crippen LogP contribution in [0.5, 0.6) is 0 Å². The summed E-state index contributed by atoms with van der Waals surface area (Å²) in [6.45, 7) is 3.14. The SMILES string of the molecule is CC(=O)N1CCC2(CC1)CC(=O)c1cc(Br)ccc12. The van der Waals surface area contributed by atoms with Gasteiger partial charge in [0.2, 0.25) is 5.91 Å². The molecular weight excluding hydrogens is 306 g/mol. The Morgan fingerprint density at radius 1 is 1.32 bits per heavy atom. The summed E-state index contributed by atoms with van der Waals surface area (Å²) in [7, 11) is 0. The quantitative estimate of drug-likeness (QED) is 0.736. The van der Waals surface area contributed by atoms with E-state index in [1.54, 1.807) is 6.92 Å². The average molecular weight is 322 g/mol. The lowest BCUT2D eigenvalue weighted by Crippen LogP contribution is -2.43. The number of Topliss-reactive ketones (excluding diaryl/α,β-unsaturated/α-hetero) is 1. The number of likely N-dealkylation sites (tertiary alicyclic amines) is 1. The number of piperidine rings is 1. The molecule has 0 unspecified atom stereocenters. The van der Waals surface area contributed by atoms with Crippen LogP contribution in [0.1, 0.15) is 42.1 Å². The first kappa shape index (κ1) is 12.9. The highest BCUT2D eigenvalue weighted by atomic mass is 79.9. The Kier molecular flexibility index (Phi) is 3.01. The molecule has 19 heavy (non-hydrogen) atoms. The van der Waals surface area contributed by atoms with Crippen molar-refractivity contribution in [1.29, 1.82) is 0 Å². The molecule has 1 aliphatic heterocycles. The van der Waals surface area contributed by atoms with Crippen LogP contribution in [0.25, 0.3) is 0 Å². The molecule has 1 aliphatic carbocycles. The zero-order valence-corrected chi connectivity index (χ0v) is 12.5. The maximum absolute atomic E-state index is 12.2. The number of rotatable bonds is 0. The first-order valence-corrected chi connectivity index (χ1v) is 7.40. The highest BCUT2D eigenvalue weighted by molar-refractivity contribution is 9.10. The predicted molar refractivity (Wildman–Crippen MR) is 76.3 cm³/mol. The van der Waals surface area contributed by atoms with Crippen LogP contribution in [0.15, 0.2) is 22.7 Å². The van der Waals surface area contributed by atoms with E-state index in [9.17, 15) is 9.59 Å². The van der Waals surface area contributed by atoms with Crippen LogP contribution in [0.3, 0.4) is 0 Å². The van der Waals surface area contributed by atoms with E-state index in [4.69, 9.17) is 0 Å². The molecule has 2 aliphatic rings. The van der Waals surface area contributed by atoms with Gasteiger partial charge >= 0.3 is 0 Å². The number of halogens is 1. The van der Waals surface area contributed by atoms with Crippen LogP contribution in [-0.4, -0.2) is 29.7 Å². The molecule has 0 aromatic heterocycles. The number of fused-ring (bicyclic) bond motifs is 2. The van der Waals surface area contributed by atoms with Crippen molar-refractivity contribution in [2.75, 3.05) is 13.1 Å². The summed E-state index contributed by atoms with van der Waals surface area (Å²) in [4.78, 5) is 25.5. The Hall–Kier alpha value is -1.16. The van der Waals surface area contributed by atoms with E-state index in [0.29, 0.717) is 6.42 Å². The lowest BCUT2D eigenvalue weighted by atomic mass is 9.74. The molecule has 1 fully saturated rings. The van der Waals surface area contributed by atoms with Gasteiger partial charge < -0.3 is 4.90 Å². The number of ketones is 1. The van der Waals surface area contributed by atoms with Gasteiger partial charge in [0.1, 0.15) is 0 Å². The molecule has 3 nitrogen and oxygen atoms in total. The Balaban J connectivity index is 1.93. The Morgan fingerprint density at radius 3 is 2.63 bits per heavy atom. The third-order valence-corrected chi connectivity index (χ3v) is 5.01. The first-order chi connectivity index (χ1) is 9.02. The number of carbonyl (C=O) groups excluding carboxylic acids is 2. The second kappa shape index (κ2) is 4.44. The van der Waals surface area contributed by atoms with Crippen molar-refractivity contribution in [3.8, 4) is 0 Å². The molecule has 4 heteroatoms. The van der Waals surface area contributed by atoms with Crippen LogP contribution in [0, 0.1) is 0 Å². The van der Waals surface area contributed by atoms with Gasteiger partial charge in [-0.15, -0.1) is 0 Å². The summed E-state index contributed by atoms with van der Waals surface area (Å²) in [5.41, 5.74) is 2.02. The van der Waals surface area contributed by atoms with Crippen LogP contribution < -0.4 is 0 Å². The summed E-state index contributed by atoms with van der Waals surface area (Å²) in [5.74, 6) is 0.378. The molecule has 0 bridgehead atoms. The van der Waals surface area contributed by atoms with E-state index in [-0.39, 0.29) is 17.1 Å². The largest absolute Gasteiger partial charge is 0.343 e. The number of amides is 1. The molecule has 1 heterocycles. The Morgan fingerprint density at radius 2 is 2.00 bits per heavy atom. The fourth-order valence-corrected chi connectivity index (χ4v) is 3.76. The number of nitrogens with zero attached hydrogens (tertiary/aromatic N) is 1. The fraction of sp³-hybridized carbons (Fsp3) is 0.467. The molecule has 1 aromatic carbocycles. The molecule has 1 aromatic rings. The topological polar surface area (TPSA) is 37.4 Å². The van der Waals surface area contributed by atoms with Gasteiger partial charge in [-0.25, -0.2) is 0 Å². The lowest BCUT2D eigenvalue weighted by Gasteiger charge is -2.39. The Bertz CT molecular complexity index is 559. The summed E-state index contributed by atoms with van der Waals surface area (Å²) in [5, 5.41) is 0. The molecule has 1 amide bonds. The van der Waals surface area contributed by atoms with Gasteiger partial charge in [0.05, 0.1) is 0 Å². The van der Waals surface area contributed by atoms with Crippen molar-refractivity contribution in [3.05, 3.63) is 33.8 Å². The molecule has 1 spiro atoms. The number of hydrogen-bond donors (Lipinski definition) is 0. The molecular formula is C15H16BrNO2. The van der Waals surface area contributed by atoms with Gasteiger partial charge in [0.15, 0.2) is 5.78 Å². The first-order valence-electron chi connectivity index (χ1n) is 6.61. The molecule has 3 rings (SSSR count). The standard InChI is InChI=1S/C15H16BrNO2/c1-10(18)17-6-4-15(5-7-17)9-14(19)12-8-11(16)2-3-13(12)15/h2-3,8H,4-7,9H2,1H3. The molecule has 0 saturated carbocycles. The van der Waals surface area contributed by atoms with Gasteiger partial charge in [0, 0.05) is 41.9 Å². The highest BCUT2D eigenvalue weighted by Gasteiger charge is 2.45. The molecule has 0 atom stereocenters. The monoisotopic (exact) mass is 321 g/mol. The zero-order valence-electron chi connectivity index (χ0n) is 10.9. The van der Waals surface area contributed by atoms with Crippen LogP contribution in [0.2, 0.25) is 0 Å². The van der Waals surface area contributed by atoms with Gasteiger partial charge in [-0.05, 0) is 30.5 Å². The van der Waals surface area contributed by atoms with Crippen molar-refractivity contribution in [3.63, 3.8) is 0 Å². The van der Waals surface area contributed by atoms with Crippen molar-refractivity contribution in [2.24, 2.45) is 0 Å². The van der Waals surface area contributed by atoms with E-state index in [1.807, 2.05) is 17.0 Å². The third-order valence-electron chi connectivity index (χ3n) is 4.52. The van der Waals surface area contributed by atoms with E-state index in [2.05, 4.69) is 22.0 Å². The smallest absolute Gasteiger partial charge is 0.219 e. The van der Waals surface area contributed by atoms with E-state index in [1.165, 1.54) is 5.56 Å². The van der Waals surface area contributed by atoms with Crippen LogP contribution in [-0.2, 0) is 10.2 Å². The molecule has 0 N–H and O–H groups in total. The third kappa shape index (κ3) is 2.02.